The van der Waals surface area contributed by atoms with Crippen molar-refractivity contribution in [3.8, 4) is 0 Å². The van der Waals surface area contributed by atoms with Crippen molar-refractivity contribution >= 4 is 22.5 Å². The van der Waals surface area contributed by atoms with Crippen LogP contribution in [0.25, 0.3) is 10.9 Å². The molecule has 1 aromatic heterocycles. The minimum Gasteiger partial charge on any atom is -0.378 e. The second kappa shape index (κ2) is 8.73. The van der Waals surface area contributed by atoms with Crippen LogP contribution >= 0.6 is 0 Å². The molecule has 4 nitrogen and oxygen atoms in total. The first-order valence-corrected chi connectivity index (χ1v) is 10.7. The number of carbonyl (C=O) groups excluding carboxylic acids is 1. The number of hydrogen-bond acceptors (Lipinski definition) is 2. The van der Waals surface area contributed by atoms with Crippen molar-refractivity contribution in [2.45, 2.75) is 38.0 Å². The number of hydrogen-bond donors (Lipinski definition) is 2. The van der Waals surface area contributed by atoms with Gasteiger partial charge in [-0.3, -0.25) is 4.79 Å². The van der Waals surface area contributed by atoms with Crippen LogP contribution in [-0.2, 0) is 4.79 Å². The zero-order valence-electron chi connectivity index (χ0n) is 17.4. The van der Waals surface area contributed by atoms with Crippen molar-refractivity contribution in [3.05, 3.63) is 65.9 Å². The smallest absolute Gasteiger partial charge is 0.223 e. The van der Waals surface area contributed by atoms with Gasteiger partial charge in [0.15, 0.2) is 0 Å². The van der Waals surface area contributed by atoms with Gasteiger partial charge in [0.05, 0.1) is 0 Å². The Morgan fingerprint density at radius 3 is 2.52 bits per heavy atom. The van der Waals surface area contributed by atoms with Crippen molar-refractivity contribution < 1.29 is 4.79 Å². The van der Waals surface area contributed by atoms with Crippen molar-refractivity contribution in [1.82, 2.24) is 10.3 Å². The molecule has 0 radical (unpaired) electrons. The van der Waals surface area contributed by atoms with Crippen LogP contribution in [-0.4, -0.2) is 31.5 Å². The first-order valence-electron chi connectivity index (χ1n) is 10.7. The summed E-state index contributed by atoms with van der Waals surface area (Å²) in [4.78, 5) is 18.3. The van der Waals surface area contributed by atoms with Crippen molar-refractivity contribution in [3.63, 3.8) is 0 Å². The number of rotatable bonds is 6. The van der Waals surface area contributed by atoms with Crippen molar-refractivity contribution in [2.24, 2.45) is 5.92 Å². The lowest BCUT2D eigenvalue weighted by atomic mass is 9.87. The number of para-hydroxylation sites is 1. The SMILES string of the molecule is CN(C)c1ccc(C(CNC(=O)C2CCCCC2)c2c[nH]c3ccccc23)cc1. The van der Waals surface area contributed by atoms with Gasteiger partial charge in [0.25, 0.3) is 0 Å². The maximum Gasteiger partial charge on any atom is 0.223 e. The summed E-state index contributed by atoms with van der Waals surface area (Å²) in [7, 11) is 4.10. The van der Waals surface area contributed by atoms with Gasteiger partial charge < -0.3 is 15.2 Å². The molecule has 0 aliphatic heterocycles. The number of nitrogens with zero attached hydrogens (tertiary/aromatic N) is 1. The summed E-state index contributed by atoms with van der Waals surface area (Å²) in [6, 6.07) is 17.1. The predicted molar refractivity (Wildman–Crippen MR) is 120 cm³/mol. The molecule has 29 heavy (non-hydrogen) atoms. The molecule has 1 aliphatic carbocycles. The van der Waals surface area contributed by atoms with Crippen LogP contribution < -0.4 is 10.2 Å². The normalized spacial score (nSPS) is 15.9. The van der Waals surface area contributed by atoms with Crippen molar-refractivity contribution in [1.29, 1.82) is 0 Å². The Morgan fingerprint density at radius 1 is 1.07 bits per heavy atom. The Morgan fingerprint density at radius 2 is 1.79 bits per heavy atom. The van der Waals surface area contributed by atoms with E-state index in [1.165, 1.54) is 41.5 Å². The number of carbonyl (C=O) groups is 1. The number of aromatic nitrogens is 1. The molecule has 1 fully saturated rings. The highest BCUT2D eigenvalue weighted by Crippen LogP contribution is 2.32. The minimum absolute atomic E-state index is 0.120. The fourth-order valence-corrected chi connectivity index (χ4v) is 4.51. The predicted octanol–water partition coefficient (Wildman–Crippen LogP) is 5.06. The average molecular weight is 390 g/mol. The zero-order chi connectivity index (χ0) is 20.2. The molecular formula is C25H31N3O. The maximum absolute atomic E-state index is 12.8. The molecule has 0 saturated heterocycles. The van der Waals surface area contributed by atoms with Gasteiger partial charge in [-0.05, 0) is 42.2 Å². The molecule has 2 aromatic carbocycles. The van der Waals surface area contributed by atoms with E-state index in [0.717, 1.165) is 18.4 Å². The molecule has 1 aliphatic rings. The Hall–Kier alpha value is -2.75. The topological polar surface area (TPSA) is 48.1 Å². The number of anilines is 1. The molecule has 1 atom stereocenters. The first kappa shape index (κ1) is 19.6. The van der Waals surface area contributed by atoms with E-state index in [2.05, 4.69) is 78.0 Å². The van der Waals surface area contributed by atoms with Crippen molar-refractivity contribution in [2.75, 3.05) is 25.5 Å². The number of nitrogens with one attached hydrogen (secondary N) is 2. The Balaban J connectivity index is 1.61. The third-order valence-electron chi connectivity index (χ3n) is 6.26. The quantitative estimate of drug-likeness (QED) is 0.619. The third-order valence-corrected chi connectivity index (χ3v) is 6.26. The molecule has 1 unspecified atom stereocenters. The lowest BCUT2D eigenvalue weighted by Crippen LogP contribution is -2.35. The average Bonchev–Trinajstić information content (AvgIpc) is 3.19. The van der Waals surface area contributed by atoms with Gasteiger partial charge >= 0.3 is 0 Å². The lowest BCUT2D eigenvalue weighted by molar-refractivity contribution is -0.125. The fourth-order valence-electron chi connectivity index (χ4n) is 4.51. The molecule has 1 amide bonds. The maximum atomic E-state index is 12.8. The number of amides is 1. The molecular weight excluding hydrogens is 358 g/mol. The highest BCUT2D eigenvalue weighted by atomic mass is 16.1. The molecule has 4 rings (SSSR count). The molecule has 1 saturated carbocycles. The number of benzene rings is 2. The summed E-state index contributed by atoms with van der Waals surface area (Å²) in [6.45, 7) is 0.624. The molecule has 1 heterocycles. The van der Waals surface area contributed by atoms with Crippen LogP contribution in [0, 0.1) is 5.92 Å². The van der Waals surface area contributed by atoms with E-state index in [4.69, 9.17) is 0 Å². The van der Waals surface area contributed by atoms with Gasteiger partial charge in [0.1, 0.15) is 0 Å². The van der Waals surface area contributed by atoms with Gasteiger partial charge in [-0.25, -0.2) is 0 Å². The van der Waals surface area contributed by atoms with E-state index < -0.39 is 0 Å². The standard InChI is InChI=1S/C25H31N3O/c1-28(2)20-14-12-18(13-15-20)22(16-27-25(29)19-8-4-3-5-9-19)23-17-26-24-11-7-6-10-21(23)24/h6-7,10-15,17,19,22,26H,3-5,8-9,16H2,1-2H3,(H,27,29). The molecule has 0 bridgehead atoms. The van der Waals surface area contributed by atoms with E-state index in [1.54, 1.807) is 0 Å². The van der Waals surface area contributed by atoms with Gasteiger partial charge in [0, 0.05) is 55.3 Å². The second-order valence-corrected chi connectivity index (χ2v) is 8.41. The second-order valence-electron chi connectivity index (χ2n) is 8.41. The molecule has 4 heteroatoms. The van der Waals surface area contributed by atoms with E-state index in [0.29, 0.717) is 6.54 Å². The Bertz CT molecular complexity index is 952. The fraction of sp³-hybridized carbons (Fsp3) is 0.400. The summed E-state index contributed by atoms with van der Waals surface area (Å²) in [5.74, 6) is 0.526. The number of fused-ring (bicyclic) bond motifs is 1. The third kappa shape index (κ3) is 4.31. The van der Waals surface area contributed by atoms with Gasteiger partial charge in [0.2, 0.25) is 5.91 Å². The minimum atomic E-state index is 0.120. The van der Waals surface area contributed by atoms with Gasteiger partial charge in [-0.2, -0.15) is 0 Å². The van der Waals surface area contributed by atoms with Crippen LogP contribution in [0.5, 0.6) is 0 Å². The van der Waals surface area contributed by atoms with Crippen LogP contribution in [0.2, 0.25) is 0 Å². The highest BCUT2D eigenvalue weighted by molar-refractivity contribution is 5.84. The Kier molecular flexibility index (Phi) is 5.89. The lowest BCUT2D eigenvalue weighted by Gasteiger charge is -2.24. The first-order chi connectivity index (χ1) is 14.1. The van der Waals surface area contributed by atoms with E-state index in [9.17, 15) is 4.79 Å². The van der Waals surface area contributed by atoms with E-state index in [1.807, 2.05) is 6.07 Å². The van der Waals surface area contributed by atoms with Gasteiger partial charge in [-0.1, -0.05) is 49.6 Å². The summed E-state index contributed by atoms with van der Waals surface area (Å²) >= 11 is 0. The van der Waals surface area contributed by atoms with E-state index >= 15 is 0 Å². The summed E-state index contributed by atoms with van der Waals surface area (Å²) in [5.41, 5.74) is 4.78. The summed E-state index contributed by atoms with van der Waals surface area (Å²) in [5, 5.41) is 4.50. The molecule has 152 valence electrons. The largest absolute Gasteiger partial charge is 0.378 e. The zero-order valence-corrected chi connectivity index (χ0v) is 17.4. The van der Waals surface area contributed by atoms with Crippen LogP contribution in [0.15, 0.2) is 54.7 Å². The van der Waals surface area contributed by atoms with Crippen LogP contribution in [0.4, 0.5) is 5.69 Å². The van der Waals surface area contributed by atoms with Gasteiger partial charge in [-0.15, -0.1) is 0 Å². The molecule has 2 N–H and O–H groups in total. The van der Waals surface area contributed by atoms with Crippen LogP contribution in [0.3, 0.4) is 0 Å². The molecule has 0 spiro atoms. The summed E-state index contributed by atoms with van der Waals surface area (Å²) in [6.07, 6.45) is 7.77. The molecule has 3 aromatic rings. The number of H-pyrrole nitrogens is 1. The monoisotopic (exact) mass is 389 g/mol. The highest BCUT2D eigenvalue weighted by Gasteiger charge is 2.24. The Labute approximate surface area is 173 Å². The van der Waals surface area contributed by atoms with E-state index in [-0.39, 0.29) is 17.7 Å². The number of aromatic amines is 1. The summed E-state index contributed by atoms with van der Waals surface area (Å²) < 4.78 is 0. The van der Waals surface area contributed by atoms with Crippen LogP contribution in [0.1, 0.15) is 49.1 Å².